The Morgan fingerprint density at radius 2 is 1.74 bits per heavy atom. The molecule has 0 heterocycles. The molecule has 1 aliphatic carbocycles. The minimum absolute atomic E-state index is 0.0436. The number of anilines is 1. The molecule has 0 bridgehead atoms. The Bertz CT molecular complexity index is 1300. The van der Waals surface area contributed by atoms with E-state index in [1.807, 2.05) is 19.1 Å². The lowest BCUT2D eigenvalue weighted by molar-refractivity contribution is -0.141. The van der Waals surface area contributed by atoms with E-state index in [4.69, 9.17) is 4.74 Å². The number of nitrogens with one attached hydrogen (secondary N) is 1. The summed E-state index contributed by atoms with van der Waals surface area (Å²) in [6, 6.07) is 10.6. The van der Waals surface area contributed by atoms with Crippen LogP contribution in [-0.2, 0) is 32.3 Å². The van der Waals surface area contributed by atoms with E-state index in [-0.39, 0.29) is 49.5 Å². The van der Waals surface area contributed by atoms with Gasteiger partial charge in [-0.05, 0) is 61.6 Å². The van der Waals surface area contributed by atoms with Crippen LogP contribution >= 0.6 is 0 Å². The summed E-state index contributed by atoms with van der Waals surface area (Å²) in [4.78, 5) is 28.5. The first-order chi connectivity index (χ1) is 19.8. The molecule has 3 rings (SSSR count). The Balaban J connectivity index is 1.78. The third-order valence-electron chi connectivity index (χ3n) is 7.46. The molecule has 1 aliphatic rings. The van der Waals surface area contributed by atoms with Gasteiger partial charge in [-0.15, -0.1) is 0 Å². The lowest BCUT2D eigenvalue weighted by Gasteiger charge is -2.33. The summed E-state index contributed by atoms with van der Waals surface area (Å²) in [5.74, 6) is 0.0658. The zero-order valence-electron chi connectivity index (χ0n) is 24.3. The van der Waals surface area contributed by atoms with E-state index in [9.17, 15) is 31.2 Å². The normalized spacial score (nSPS) is 15.1. The Hall–Kier alpha value is -3.28. The second kappa shape index (κ2) is 14.8. The van der Waals surface area contributed by atoms with Crippen LogP contribution in [0.25, 0.3) is 0 Å². The molecule has 0 aliphatic heterocycles. The number of alkyl halides is 3. The molecule has 0 saturated heterocycles. The number of benzene rings is 2. The summed E-state index contributed by atoms with van der Waals surface area (Å²) in [6.07, 6.45) is 1.60. The van der Waals surface area contributed by atoms with Gasteiger partial charge < -0.3 is 15.0 Å². The molecule has 0 aromatic heterocycles. The van der Waals surface area contributed by atoms with Crippen molar-refractivity contribution < 1.29 is 35.9 Å². The number of halogens is 3. The molecule has 0 radical (unpaired) electrons. The lowest BCUT2D eigenvalue weighted by Crippen LogP contribution is -2.51. The predicted molar refractivity (Wildman–Crippen MR) is 156 cm³/mol. The number of hydrogen-bond acceptors (Lipinski definition) is 5. The van der Waals surface area contributed by atoms with Gasteiger partial charge in [0.2, 0.25) is 21.8 Å². The Labute approximate surface area is 246 Å². The third kappa shape index (κ3) is 9.37. The maximum atomic E-state index is 13.6. The molecule has 12 heteroatoms. The average molecular weight is 612 g/mol. The van der Waals surface area contributed by atoms with Gasteiger partial charge in [-0.25, -0.2) is 8.42 Å². The highest BCUT2D eigenvalue weighted by molar-refractivity contribution is 7.92. The van der Waals surface area contributed by atoms with E-state index >= 15 is 0 Å². The van der Waals surface area contributed by atoms with Gasteiger partial charge in [0.1, 0.15) is 11.8 Å². The molecular weight excluding hydrogens is 571 g/mol. The molecule has 0 spiro atoms. The number of sulfonamides is 1. The number of ether oxygens (including phenoxy) is 1. The van der Waals surface area contributed by atoms with Crippen LogP contribution < -0.4 is 14.4 Å². The van der Waals surface area contributed by atoms with Gasteiger partial charge in [-0.3, -0.25) is 13.9 Å². The summed E-state index contributed by atoms with van der Waals surface area (Å²) in [7, 11) is -2.39. The van der Waals surface area contributed by atoms with E-state index in [0.717, 1.165) is 66.4 Å². The summed E-state index contributed by atoms with van der Waals surface area (Å²) in [5, 5.41) is 3.11. The van der Waals surface area contributed by atoms with Gasteiger partial charge in [-0.1, -0.05) is 44.4 Å². The minimum atomic E-state index is -4.63. The number of rotatable bonds is 13. The predicted octanol–water partition coefficient (Wildman–Crippen LogP) is 5.52. The minimum Gasteiger partial charge on any atom is -0.497 e. The number of carbonyl (C=O) groups excluding carboxylic acids is 2. The van der Waals surface area contributed by atoms with Crippen LogP contribution in [0.2, 0.25) is 0 Å². The van der Waals surface area contributed by atoms with Gasteiger partial charge in [0.15, 0.2) is 0 Å². The van der Waals surface area contributed by atoms with Crippen molar-refractivity contribution in [2.45, 2.75) is 83.1 Å². The van der Waals surface area contributed by atoms with Crippen molar-refractivity contribution in [3.8, 4) is 5.75 Å². The molecule has 1 atom stereocenters. The van der Waals surface area contributed by atoms with E-state index in [0.29, 0.717) is 12.2 Å². The molecule has 1 fully saturated rings. The maximum Gasteiger partial charge on any atom is 0.416 e. The topological polar surface area (TPSA) is 96.0 Å². The SMILES string of the molecule is CCC(C(=O)NC1CCCCC1)N(Cc1ccc(OC)cc1)C(=O)CCCN(c1cccc(C(F)(F)F)c1)S(C)(=O)=O. The first kappa shape index (κ1) is 33.2. The second-order valence-corrected chi connectivity index (χ2v) is 12.5. The van der Waals surface area contributed by atoms with Gasteiger partial charge >= 0.3 is 6.18 Å². The third-order valence-corrected chi connectivity index (χ3v) is 8.66. The van der Waals surface area contributed by atoms with Crippen molar-refractivity contribution in [2.75, 3.05) is 24.2 Å². The quantitative estimate of drug-likeness (QED) is 0.322. The molecule has 1 N–H and O–H groups in total. The average Bonchev–Trinajstić information content (AvgIpc) is 2.95. The Morgan fingerprint density at radius 3 is 2.31 bits per heavy atom. The van der Waals surface area contributed by atoms with Gasteiger partial charge in [0.25, 0.3) is 0 Å². The molecule has 2 aromatic rings. The van der Waals surface area contributed by atoms with Crippen molar-refractivity contribution in [1.82, 2.24) is 10.2 Å². The Morgan fingerprint density at radius 1 is 1.07 bits per heavy atom. The fourth-order valence-corrected chi connectivity index (χ4v) is 6.19. The zero-order chi connectivity index (χ0) is 30.9. The highest BCUT2D eigenvalue weighted by Gasteiger charge is 2.32. The molecule has 232 valence electrons. The maximum absolute atomic E-state index is 13.6. The van der Waals surface area contributed by atoms with Crippen molar-refractivity contribution in [3.05, 3.63) is 59.7 Å². The van der Waals surface area contributed by atoms with Crippen molar-refractivity contribution in [2.24, 2.45) is 0 Å². The van der Waals surface area contributed by atoms with Crippen LogP contribution in [0.3, 0.4) is 0 Å². The van der Waals surface area contributed by atoms with Crippen LogP contribution in [0.4, 0.5) is 18.9 Å². The fourth-order valence-electron chi connectivity index (χ4n) is 5.23. The van der Waals surface area contributed by atoms with Crippen LogP contribution in [0.15, 0.2) is 48.5 Å². The van der Waals surface area contributed by atoms with Crippen LogP contribution in [0.5, 0.6) is 5.75 Å². The van der Waals surface area contributed by atoms with E-state index in [1.165, 1.54) is 11.0 Å². The number of nitrogens with zero attached hydrogens (tertiary/aromatic N) is 2. The highest BCUT2D eigenvalue weighted by atomic mass is 32.2. The van der Waals surface area contributed by atoms with Crippen LogP contribution in [0, 0.1) is 0 Å². The van der Waals surface area contributed by atoms with Crippen molar-refractivity contribution >= 4 is 27.5 Å². The monoisotopic (exact) mass is 611 g/mol. The van der Waals surface area contributed by atoms with E-state index in [1.54, 1.807) is 19.2 Å². The van der Waals surface area contributed by atoms with E-state index in [2.05, 4.69) is 5.32 Å². The molecule has 2 aromatic carbocycles. The van der Waals surface area contributed by atoms with Crippen LogP contribution in [-0.4, -0.2) is 57.1 Å². The summed E-state index contributed by atoms with van der Waals surface area (Å²) in [6.45, 7) is 1.79. The first-order valence-corrected chi connectivity index (χ1v) is 16.1. The van der Waals surface area contributed by atoms with Crippen molar-refractivity contribution in [1.29, 1.82) is 0 Å². The molecule has 2 amide bonds. The molecular formula is C30H40F3N3O5S. The number of hydrogen-bond donors (Lipinski definition) is 1. The summed E-state index contributed by atoms with van der Waals surface area (Å²) >= 11 is 0. The first-order valence-electron chi connectivity index (χ1n) is 14.2. The smallest absolute Gasteiger partial charge is 0.416 e. The highest BCUT2D eigenvalue weighted by Crippen LogP contribution is 2.32. The van der Waals surface area contributed by atoms with Crippen LogP contribution in [0.1, 0.15) is 69.4 Å². The number of carbonyl (C=O) groups is 2. The second-order valence-electron chi connectivity index (χ2n) is 10.6. The van der Waals surface area contributed by atoms with Crippen molar-refractivity contribution in [3.63, 3.8) is 0 Å². The van der Waals surface area contributed by atoms with Gasteiger partial charge in [0, 0.05) is 25.6 Å². The molecule has 1 unspecified atom stereocenters. The fraction of sp³-hybridized carbons (Fsp3) is 0.533. The zero-order valence-corrected chi connectivity index (χ0v) is 25.1. The van der Waals surface area contributed by atoms with E-state index < -0.39 is 27.8 Å². The number of amides is 2. The molecule has 1 saturated carbocycles. The number of methoxy groups -OCH3 is 1. The lowest BCUT2D eigenvalue weighted by atomic mass is 9.95. The summed E-state index contributed by atoms with van der Waals surface area (Å²) in [5.41, 5.74) is -0.312. The molecule has 42 heavy (non-hydrogen) atoms. The largest absolute Gasteiger partial charge is 0.497 e. The standard InChI is InChI=1S/C30H40F3N3O5S/c1-4-27(29(38)34-24-11-6-5-7-12-24)35(21-22-15-17-26(41-2)18-16-22)28(37)14-9-19-36(42(3,39)40)25-13-8-10-23(20-25)30(31,32)33/h8,10,13,15-18,20,24,27H,4-7,9,11-12,14,19,21H2,1-3H3,(H,34,38). The van der Waals surface area contributed by atoms with Gasteiger partial charge in [0.05, 0.1) is 24.6 Å². The van der Waals surface area contributed by atoms with Gasteiger partial charge in [-0.2, -0.15) is 13.2 Å². The molecule has 8 nitrogen and oxygen atoms in total. The summed E-state index contributed by atoms with van der Waals surface area (Å²) < 4.78 is 70.9. The Kier molecular flexibility index (Phi) is 11.7.